The van der Waals surface area contributed by atoms with Crippen molar-refractivity contribution >= 4 is 11.8 Å². The highest BCUT2D eigenvalue weighted by molar-refractivity contribution is 5.83. The molecule has 3 aliphatic rings. The molecule has 0 aromatic carbocycles. The van der Waals surface area contributed by atoms with Crippen LogP contribution in [0.4, 0.5) is 4.39 Å². The summed E-state index contributed by atoms with van der Waals surface area (Å²) in [4.78, 5) is 32.5. The predicted octanol–water partition coefficient (Wildman–Crippen LogP) is 1.07. The molecular formula is C16H21FN4O3. The molecule has 2 amide bonds. The first-order valence-electron chi connectivity index (χ1n) is 8.53. The molecule has 2 aliphatic heterocycles. The van der Waals surface area contributed by atoms with Crippen LogP contribution in [-0.4, -0.2) is 57.4 Å². The zero-order valence-corrected chi connectivity index (χ0v) is 13.4. The van der Waals surface area contributed by atoms with E-state index in [4.69, 9.17) is 4.84 Å². The number of rotatable bonds is 2. The number of carbonyl (C=O) groups excluding carboxylic acids is 2. The van der Waals surface area contributed by atoms with Gasteiger partial charge in [-0.1, -0.05) is 0 Å². The molecule has 1 aliphatic carbocycles. The van der Waals surface area contributed by atoms with E-state index in [1.54, 1.807) is 15.8 Å². The molecule has 0 unspecified atom stereocenters. The third-order valence-electron chi connectivity index (χ3n) is 5.07. The lowest BCUT2D eigenvalue weighted by Crippen LogP contribution is -2.51. The van der Waals surface area contributed by atoms with Gasteiger partial charge in [0, 0.05) is 18.7 Å². The van der Waals surface area contributed by atoms with Gasteiger partial charge in [0.05, 0.1) is 25.4 Å². The first kappa shape index (κ1) is 15.6. The Morgan fingerprint density at radius 1 is 1.25 bits per heavy atom. The van der Waals surface area contributed by atoms with Gasteiger partial charge in [0.1, 0.15) is 6.17 Å². The average molecular weight is 336 g/mol. The van der Waals surface area contributed by atoms with E-state index in [9.17, 15) is 14.0 Å². The van der Waals surface area contributed by atoms with Crippen molar-refractivity contribution in [1.82, 2.24) is 19.7 Å². The lowest BCUT2D eigenvalue weighted by atomic mass is 9.82. The van der Waals surface area contributed by atoms with Crippen LogP contribution in [0.25, 0.3) is 0 Å². The number of hydroxylamine groups is 2. The summed E-state index contributed by atoms with van der Waals surface area (Å²) in [6.07, 6.45) is 3.21. The molecule has 7 nitrogen and oxygen atoms in total. The molecule has 0 spiro atoms. The number of alkyl halides is 1. The molecule has 1 aromatic heterocycles. The van der Waals surface area contributed by atoms with Crippen molar-refractivity contribution in [3.63, 3.8) is 0 Å². The van der Waals surface area contributed by atoms with E-state index >= 15 is 0 Å². The van der Waals surface area contributed by atoms with Crippen LogP contribution in [-0.2, 0) is 21.0 Å². The highest BCUT2D eigenvalue weighted by Gasteiger charge is 2.41. The highest BCUT2D eigenvalue weighted by atomic mass is 19.1. The first-order valence-corrected chi connectivity index (χ1v) is 8.53. The summed E-state index contributed by atoms with van der Waals surface area (Å²) in [7, 11) is 0. The van der Waals surface area contributed by atoms with E-state index in [1.807, 2.05) is 6.07 Å². The highest BCUT2D eigenvalue weighted by Crippen LogP contribution is 2.33. The Morgan fingerprint density at radius 3 is 2.79 bits per heavy atom. The van der Waals surface area contributed by atoms with Crippen LogP contribution >= 0.6 is 0 Å². The van der Waals surface area contributed by atoms with Gasteiger partial charge < -0.3 is 4.90 Å². The van der Waals surface area contributed by atoms with Gasteiger partial charge in [-0.05, 0) is 31.7 Å². The van der Waals surface area contributed by atoms with Gasteiger partial charge >= 0.3 is 0 Å². The maximum absolute atomic E-state index is 13.1. The number of carbonyl (C=O) groups is 2. The molecule has 0 radical (unpaired) electrons. The van der Waals surface area contributed by atoms with Gasteiger partial charge in [-0.15, -0.1) is 0 Å². The van der Waals surface area contributed by atoms with Crippen LogP contribution in [0.2, 0.25) is 0 Å². The lowest BCUT2D eigenvalue weighted by molar-refractivity contribution is -0.202. The van der Waals surface area contributed by atoms with Crippen molar-refractivity contribution in [3.8, 4) is 0 Å². The summed E-state index contributed by atoms with van der Waals surface area (Å²) in [5.41, 5.74) is 0.820. The van der Waals surface area contributed by atoms with Crippen molar-refractivity contribution in [2.24, 2.45) is 5.92 Å². The topological polar surface area (TPSA) is 67.7 Å². The fourth-order valence-corrected chi connectivity index (χ4v) is 3.59. The van der Waals surface area contributed by atoms with Gasteiger partial charge in [-0.3, -0.25) is 19.1 Å². The summed E-state index contributed by atoms with van der Waals surface area (Å²) >= 11 is 0. The number of hydrogen-bond acceptors (Lipinski definition) is 4. The monoisotopic (exact) mass is 336 g/mol. The average Bonchev–Trinajstić information content (AvgIpc) is 3.06. The van der Waals surface area contributed by atoms with E-state index in [-0.39, 0.29) is 24.3 Å². The molecule has 4 rings (SSSR count). The molecule has 0 bridgehead atoms. The summed E-state index contributed by atoms with van der Waals surface area (Å²) in [6, 6.07) is 1.24. The molecule has 2 fully saturated rings. The second-order valence-electron chi connectivity index (χ2n) is 6.75. The van der Waals surface area contributed by atoms with E-state index in [0.29, 0.717) is 32.5 Å². The van der Waals surface area contributed by atoms with Gasteiger partial charge in [0.2, 0.25) is 5.91 Å². The molecule has 130 valence electrons. The third-order valence-corrected chi connectivity index (χ3v) is 5.07. The zero-order valence-electron chi connectivity index (χ0n) is 13.4. The smallest absolute Gasteiger partial charge is 0.272 e. The Bertz CT molecular complexity index is 637. The molecular weight excluding hydrogens is 315 g/mol. The number of halogens is 1. The van der Waals surface area contributed by atoms with E-state index in [0.717, 1.165) is 18.5 Å². The molecule has 0 N–H and O–H groups in total. The minimum atomic E-state index is -0.867. The maximum atomic E-state index is 13.1. The summed E-state index contributed by atoms with van der Waals surface area (Å²) in [5, 5.41) is 5.65. The van der Waals surface area contributed by atoms with Crippen LogP contribution in [0.5, 0.6) is 0 Å². The van der Waals surface area contributed by atoms with Gasteiger partial charge in [0.15, 0.2) is 6.04 Å². The standard InChI is InChI=1S/C16H21FN4O3/c17-12-7-11(8-12)15(22)19-9-13-3-4-18-21(13)14(10-19)16(23)20-5-1-2-6-24-20/h3-4,11-12,14H,1-2,5-10H2/t11?,12?,14-/m1/s1. The number of aromatic nitrogens is 2. The third kappa shape index (κ3) is 2.68. The summed E-state index contributed by atoms with van der Waals surface area (Å²) in [6.45, 7) is 1.77. The molecule has 8 heteroatoms. The molecule has 24 heavy (non-hydrogen) atoms. The van der Waals surface area contributed by atoms with Crippen molar-refractivity contribution < 1.29 is 18.8 Å². The zero-order chi connectivity index (χ0) is 16.7. The Hall–Kier alpha value is -1.96. The fraction of sp³-hybridized carbons (Fsp3) is 0.688. The van der Waals surface area contributed by atoms with E-state index in [1.165, 1.54) is 5.06 Å². The Morgan fingerprint density at radius 2 is 2.08 bits per heavy atom. The van der Waals surface area contributed by atoms with Crippen LogP contribution in [0.1, 0.15) is 37.4 Å². The second-order valence-corrected chi connectivity index (χ2v) is 6.75. The fourth-order valence-electron chi connectivity index (χ4n) is 3.59. The van der Waals surface area contributed by atoms with Crippen molar-refractivity contribution in [2.75, 3.05) is 19.7 Å². The summed E-state index contributed by atoms with van der Waals surface area (Å²) in [5.74, 6) is -0.487. The second kappa shape index (κ2) is 6.16. The molecule has 3 heterocycles. The molecule has 1 atom stereocenters. The molecule has 1 aromatic rings. The molecule has 1 saturated carbocycles. The summed E-state index contributed by atoms with van der Waals surface area (Å²) < 4.78 is 14.8. The van der Waals surface area contributed by atoms with Crippen LogP contribution in [0.3, 0.4) is 0 Å². The number of hydrogen-bond donors (Lipinski definition) is 0. The lowest BCUT2D eigenvalue weighted by Gasteiger charge is -2.39. The van der Waals surface area contributed by atoms with Crippen molar-refractivity contribution in [3.05, 3.63) is 18.0 Å². The van der Waals surface area contributed by atoms with Crippen LogP contribution < -0.4 is 0 Å². The van der Waals surface area contributed by atoms with Gasteiger partial charge in [0.25, 0.3) is 5.91 Å². The quantitative estimate of drug-likeness (QED) is 0.810. The Labute approximate surface area is 139 Å². The van der Waals surface area contributed by atoms with Crippen molar-refractivity contribution in [2.45, 2.75) is 44.4 Å². The maximum Gasteiger partial charge on any atom is 0.272 e. The minimum absolute atomic E-state index is 0.0614. The minimum Gasteiger partial charge on any atom is -0.334 e. The van der Waals surface area contributed by atoms with E-state index in [2.05, 4.69) is 5.10 Å². The van der Waals surface area contributed by atoms with Gasteiger partial charge in [-0.2, -0.15) is 5.10 Å². The SMILES string of the molecule is O=C(C1CC(F)C1)N1Cc2ccnn2[C@@H](C(=O)N2CCCCO2)C1. The van der Waals surface area contributed by atoms with Gasteiger partial charge in [-0.25, -0.2) is 9.45 Å². The van der Waals surface area contributed by atoms with E-state index < -0.39 is 12.2 Å². The van der Waals surface area contributed by atoms with Crippen molar-refractivity contribution in [1.29, 1.82) is 0 Å². The molecule has 1 saturated heterocycles. The Kier molecular flexibility index (Phi) is 3.99. The largest absolute Gasteiger partial charge is 0.334 e. The number of amides is 2. The van der Waals surface area contributed by atoms with Crippen LogP contribution in [0.15, 0.2) is 12.3 Å². The first-order chi connectivity index (χ1) is 11.6. The van der Waals surface area contributed by atoms with Crippen LogP contribution in [0, 0.1) is 5.92 Å². The number of fused-ring (bicyclic) bond motifs is 1. The number of nitrogens with zero attached hydrogens (tertiary/aromatic N) is 4. The Balaban J connectivity index is 1.52. The predicted molar refractivity (Wildman–Crippen MR) is 81.2 cm³/mol. The normalized spacial score (nSPS) is 29.8.